The molecule has 3 atom stereocenters. The van der Waals surface area contributed by atoms with E-state index in [1.807, 2.05) is 6.92 Å². The number of alkyl halides is 3. The van der Waals surface area contributed by atoms with Gasteiger partial charge >= 0.3 is 6.18 Å². The van der Waals surface area contributed by atoms with E-state index in [0.717, 1.165) is 38.2 Å². The number of amides is 1. The van der Waals surface area contributed by atoms with Crippen molar-refractivity contribution in [3.05, 3.63) is 59.3 Å². The number of hydrogen-bond donors (Lipinski definition) is 3. The summed E-state index contributed by atoms with van der Waals surface area (Å²) in [5, 5.41) is 21.0. The monoisotopic (exact) mass is 548 g/mol. The third-order valence-electron chi connectivity index (χ3n) is 7.96. The molecule has 1 saturated heterocycles. The number of anilines is 1. The highest BCUT2D eigenvalue weighted by atomic mass is 19.4. The number of carbonyl (C=O) groups is 1. The van der Waals surface area contributed by atoms with E-state index < -0.39 is 35.1 Å². The van der Waals surface area contributed by atoms with Crippen LogP contribution in [-0.4, -0.2) is 56.4 Å². The predicted molar refractivity (Wildman–Crippen MR) is 137 cm³/mol. The van der Waals surface area contributed by atoms with Crippen molar-refractivity contribution in [1.82, 2.24) is 25.2 Å². The largest absolute Gasteiger partial charge is 0.419 e. The molecule has 12 heteroatoms. The van der Waals surface area contributed by atoms with E-state index in [4.69, 9.17) is 0 Å². The first-order valence-electron chi connectivity index (χ1n) is 13.2. The number of nitrogens with one attached hydrogen (secondary N) is 2. The molecule has 0 spiro atoms. The molecule has 8 nitrogen and oxygen atoms in total. The number of fused-ring (bicyclic) bond motifs is 1. The lowest BCUT2D eigenvalue weighted by molar-refractivity contribution is -0.140. The molecule has 2 aromatic heterocycles. The van der Waals surface area contributed by atoms with Crippen LogP contribution in [0.15, 0.2) is 36.8 Å². The maximum absolute atomic E-state index is 14.6. The van der Waals surface area contributed by atoms with E-state index in [0.29, 0.717) is 30.5 Å². The van der Waals surface area contributed by atoms with E-state index in [1.165, 1.54) is 30.0 Å². The molecule has 210 valence electrons. The van der Waals surface area contributed by atoms with Crippen molar-refractivity contribution in [2.75, 3.05) is 18.0 Å². The molecule has 2 fully saturated rings. The molecule has 1 aliphatic carbocycles. The number of carbonyl (C=O) groups excluding carboxylic acids is 1. The molecule has 1 saturated carbocycles. The number of aromatic nitrogens is 3. The van der Waals surface area contributed by atoms with Crippen LogP contribution in [0, 0.1) is 5.82 Å². The second-order valence-electron chi connectivity index (χ2n) is 10.8. The fourth-order valence-electron chi connectivity index (χ4n) is 5.71. The second kappa shape index (κ2) is 10.4. The molecular formula is C27H32F4N6O2. The van der Waals surface area contributed by atoms with Crippen LogP contribution in [0.3, 0.4) is 0 Å². The van der Waals surface area contributed by atoms with Crippen LogP contribution in [0.25, 0.3) is 5.65 Å². The predicted octanol–water partition coefficient (Wildman–Crippen LogP) is 4.24. The van der Waals surface area contributed by atoms with Crippen LogP contribution in [0.1, 0.15) is 73.5 Å². The van der Waals surface area contributed by atoms with E-state index in [1.54, 1.807) is 6.07 Å². The zero-order chi connectivity index (χ0) is 27.9. The lowest BCUT2D eigenvalue weighted by Gasteiger charge is -2.37. The molecular weight excluding hydrogens is 516 g/mol. The lowest BCUT2D eigenvalue weighted by Crippen LogP contribution is -2.52. The number of hydrogen-bond acceptors (Lipinski definition) is 6. The van der Waals surface area contributed by atoms with Crippen LogP contribution >= 0.6 is 0 Å². The van der Waals surface area contributed by atoms with Crippen LogP contribution < -0.4 is 15.5 Å². The fourth-order valence-corrected chi connectivity index (χ4v) is 5.71. The summed E-state index contributed by atoms with van der Waals surface area (Å²) in [6.45, 7) is 4.72. The minimum absolute atomic E-state index is 0.0768. The highest BCUT2D eigenvalue weighted by molar-refractivity contribution is 5.96. The maximum atomic E-state index is 14.6. The van der Waals surface area contributed by atoms with Gasteiger partial charge in [0.1, 0.15) is 12.1 Å². The normalized spacial score (nSPS) is 23.4. The molecule has 1 unspecified atom stereocenters. The Balaban J connectivity index is 1.31. The van der Waals surface area contributed by atoms with E-state index in [2.05, 4.69) is 25.6 Å². The summed E-state index contributed by atoms with van der Waals surface area (Å²) in [6.07, 6.45) is 2.47. The lowest BCUT2D eigenvalue weighted by atomic mass is 9.97. The SMILES string of the molecule is C[C@@H](NC(=O)c1cc(N2CCC(NC3CCC[C@@]3(C)O)CC2)c2ncnn2c1)c1cccc(C(F)(F)F)c1F. The van der Waals surface area contributed by atoms with Crippen molar-refractivity contribution in [3.63, 3.8) is 0 Å². The molecule has 1 aromatic carbocycles. The first kappa shape index (κ1) is 27.3. The zero-order valence-corrected chi connectivity index (χ0v) is 21.8. The molecule has 1 aliphatic heterocycles. The summed E-state index contributed by atoms with van der Waals surface area (Å²) in [4.78, 5) is 19.6. The summed E-state index contributed by atoms with van der Waals surface area (Å²) in [5.41, 5.74) is -0.805. The third-order valence-corrected chi connectivity index (χ3v) is 7.96. The quantitative estimate of drug-likeness (QED) is 0.399. The fraction of sp³-hybridized carbons (Fsp3) is 0.519. The summed E-state index contributed by atoms with van der Waals surface area (Å²) < 4.78 is 55.6. The topological polar surface area (TPSA) is 94.8 Å². The van der Waals surface area contributed by atoms with Gasteiger partial charge in [-0.1, -0.05) is 12.1 Å². The van der Waals surface area contributed by atoms with Gasteiger partial charge in [0.05, 0.1) is 28.5 Å². The van der Waals surface area contributed by atoms with Gasteiger partial charge in [0.25, 0.3) is 5.91 Å². The summed E-state index contributed by atoms with van der Waals surface area (Å²) in [7, 11) is 0. The van der Waals surface area contributed by atoms with Gasteiger partial charge in [-0.2, -0.15) is 18.3 Å². The van der Waals surface area contributed by atoms with Crippen molar-refractivity contribution in [2.45, 2.75) is 75.9 Å². The van der Waals surface area contributed by atoms with Crippen LogP contribution in [-0.2, 0) is 6.18 Å². The number of aliphatic hydroxyl groups is 1. The minimum atomic E-state index is -4.84. The summed E-state index contributed by atoms with van der Waals surface area (Å²) in [6, 6.07) is 4.04. The number of rotatable bonds is 6. The molecule has 5 rings (SSSR count). The smallest absolute Gasteiger partial charge is 0.389 e. The highest BCUT2D eigenvalue weighted by Crippen LogP contribution is 2.34. The van der Waals surface area contributed by atoms with Gasteiger partial charge in [-0.05, 0) is 58.1 Å². The first-order chi connectivity index (χ1) is 18.4. The Bertz CT molecular complexity index is 1350. The number of pyridine rings is 1. The average Bonchev–Trinajstić information content (AvgIpc) is 3.49. The molecule has 3 heterocycles. The first-order valence-corrected chi connectivity index (χ1v) is 13.2. The molecule has 0 radical (unpaired) electrons. The molecule has 39 heavy (non-hydrogen) atoms. The van der Waals surface area contributed by atoms with Gasteiger partial charge in [0, 0.05) is 36.9 Å². The highest BCUT2D eigenvalue weighted by Gasteiger charge is 2.38. The third kappa shape index (κ3) is 5.58. The average molecular weight is 549 g/mol. The van der Waals surface area contributed by atoms with Crippen molar-refractivity contribution >= 4 is 17.2 Å². The van der Waals surface area contributed by atoms with Crippen LogP contribution in [0.2, 0.25) is 0 Å². The van der Waals surface area contributed by atoms with Gasteiger partial charge < -0.3 is 20.6 Å². The van der Waals surface area contributed by atoms with Gasteiger partial charge in [0.15, 0.2) is 5.65 Å². The Morgan fingerprint density at radius 3 is 2.64 bits per heavy atom. The zero-order valence-electron chi connectivity index (χ0n) is 21.8. The molecule has 3 N–H and O–H groups in total. The Morgan fingerprint density at radius 2 is 1.97 bits per heavy atom. The Morgan fingerprint density at radius 1 is 1.23 bits per heavy atom. The number of benzene rings is 1. The van der Waals surface area contributed by atoms with E-state index in [9.17, 15) is 27.5 Å². The van der Waals surface area contributed by atoms with Crippen molar-refractivity contribution in [2.24, 2.45) is 0 Å². The maximum Gasteiger partial charge on any atom is 0.419 e. The molecule has 0 bridgehead atoms. The van der Waals surface area contributed by atoms with Gasteiger partial charge in [-0.25, -0.2) is 13.9 Å². The van der Waals surface area contributed by atoms with Gasteiger partial charge in [0.2, 0.25) is 0 Å². The number of halogens is 4. The summed E-state index contributed by atoms with van der Waals surface area (Å²) >= 11 is 0. The number of piperidine rings is 1. The second-order valence-corrected chi connectivity index (χ2v) is 10.8. The Kier molecular flexibility index (Phi) is 7.27. The molecule has 1 amide bonds. The van der Waals surface area contributed by atoms with E-state index in [-0.39, 0.29) is 23.2 Å². The minimum Gasteiger partial charge on any atom is -0.389 e. The van der Waals surface area contributed by atoms with E-state index >= 15 is 0 Å². The van der Waals surface area contributed by atoms with Crippen LogP contribution in [0.4, 0.5) is 23.2 Å². The molecule has 2 aliphatic rings. The van der Waals surface area contributed by atoms with Crippen molar-refractivity contribution in [3.8, 4) is 0 Å². The van der Waals surface area contributed by atoms with Gasteiger partial charge in [-0.15, -0.1) is 0 Å². The Labute approximate surface area is 223 Å². The Hall–Kier alpha value is -3.25. The molecule has 3 aromatic rings. The van der Waals surface area contributed by atoms with Crippen molar-refractivity contribution in [1.29, 1.82) is 0 Å². The van der Waals surface area contributed by atoms with Crippen molar-refractivity contribution < 1.29 is 27.5 Å². The summed E-state index contributed by atoms with van der Waals surface area (Å²) in [5.74, 6) is -1.97. The number of nitrogens with zero attached hydrogens (tertiary/aromatic N) is 4. The standard InChI is InChI=1S/C27H32F4N6O2/c1-16(19-5-3-6-20(23(19)28)27(29,30)31)34-25(38)17-13-21(24-32-15-33-37(24)14-17)36-11-8-18(9-12-36)35-22-7-4-10-26(22,2)39/h3,5-6,13-16,18,22,35,39H,4,7-12H2,1-2H3,(H,34,38)/t16-,22?,26-/m1/s1. The van der Waals surface area contributed by atoms with Gasteiger partial charge in [-0.3, -0.25) is 4.79 Å². The van der Waals surface area contributed by atoms with Crippen LogP contribution in [0.5, 0.6) is 0 Å².